The summed E-state index contributed by atoms with van der Waals surface area (Å²) >= 11 is 0. The van der Waals surface area contributed by atoms with Crippen LogP contribution >= 0.6 is 24.0 Å². The van der Waals surface area contributed by atoms with E-state index in [9.17, 15) is 0 Å². The zero-order chi connectivity index (χ0) is 17.4. The Kier molecular flexibility index (Phi) is 9.94. The van der Waals surface area contributed by atoms with E-state index in [1.54, 1.807) is 0 Å². The van der Waals surface area contributed by atoms with Crippen molar-refractivity contribution in [1.82, 2.24) is 15.5 Å². The van der Waals surface area contributed by atoms with Crippen molar-refractivity contribution >= 4 is 29.9 Å². The Morgan fingerprint density at radius 3 is 2.50 bits per heavy atom. The molecule has 26 heavy (non-hydrogen) atoms. The van der Waals surface area contributed by atoms with Gasteiger partial charge in [-0.25, -0.2) is 0 Å². The maximum atomic E-state index is 5.70. The third kappa shape index (κ3) is 6.21. The summed E-state index contributed by atoms with van der Waals surface area (Å²) in [6.45, 7) is 6.70. The summed E-state index contributed by atoms with van der Waals surface area (Å²) in [5.41, 5.74) is 0.272. The van der Waals surface area contributed by atoms with Gasteiger partial charge in [-0.2, -0.15) is 0 Å². The van der Waals surface area contributed by atoms with E-state index in [0.29, 0.717) is 6.10 Å². The van der Waals surface area contributed by atoms with E-state index in [4.69, 9.17) is 9.47 Å². The van der Waals surface area contributed by atoms with Crippen LogP contribution in [-0.2, 0) is 9.47 Å². The van der Waals surface area contributed by atoms with Crippen LogP contribution in [0, 0.1) is 0 Å². The van der Waals surface area contributed by atoms with Crippen LogP contribution in [0.5, 0.6) is 0 Å². The van der Waals surface area contributed by atoms with Gasteiger partial charge in [-0.15, -0.1) is 24.0 Å². The number of nitrogens with zero attached hydrogens (tertiary/aromatic N) is 2. The highest BCUT2D eigenvalue weighted by Gasteiger charge is 2.38. The molecule has 3 rings (SSSR count). The molecule has 3 aliphatic rings. The standard InChI is InChI=1S/C19H36N4O2.HI/c1-20-18(21-10-7-17-6-5-13-25-17)22-16-19(8-3-2-4-9-19)23-11-14-24-15-12-23;/h17H,2-16H2,1H3,(H2,20,21,22);1H. The third-order valence-corrected chi connectivity index (χ3v) is 6.06. The molecular formula is C19H37IN4O2. The molecule has 6 nitrogen and oxygen atoms in total. The van der Waals surface area contributed by atoms with Crippen molar-refractivity contribution in [3.8, 4) is 0 Å². The van der Waals surface area contributed by atoms with E-state index in [1.165, 1.54) is 44.9 Å². The Morgan fingerprint density at radius 1 is 1.08 bits per heavy atom. The number of ether oxygens (including phenoxy) is 2. The predicted molar refractivity (Wildman–Crippen MR) is 117 cm³/mol. The molecule has 2 aliphatic heterocycles. The molecule has 0 aromatic rings. The maximum absolute atomic E-state index is 5.70. The lowest BCUT2D eigenvalue weighted by atomic mass is 9.80. The Morgan fingerprint density at radius 2 is 1.85 bits per heavy atom. The first-order valence-corrected chi connectivity index (χ1v) is 10.2. The molecule has 1 aliphatic carbocycles. The number of guanidine groups is 1. The summed E-state index contributed by atoms with van der Waals surface area (Å²) in [6, 6.07) is 0. The van der Waals surface area contributed by atoms with Crippen molar-refractivity contribution in [3.63, 3.8) is 0 Å². The van der Waals surface area contributed by atoms with Gasteiger partial charge in [0.25, 0.3) is 0 Å². The zero-order valence-corrected chi connectivity index (χ0v) is 18.6. The Hall–Kier alpha value is -0.120. The second kappa shape index (κ2) is 11.7. The average molecular weight is 480 g/mol. The maximum Gasteiger partial charge on any atom is 0.191 e. The summed E-state index contributed by atoms with van der Waals surface area (Å²) < 4.78 is 11.3. The highest BCUT2D eigenvalue weighted by Crippen LogP contribution is 2.33. The molecule has 2 N–H and O–H groups in total. The van der Waals surface area contributed by atoms with Crippen LogP contribution in [0.1, 0.15) is 51.4 Å². The first kappa shape index (κ1) is 22.2. The van der Waals surface area contributed by atoms with E-state index in [-0.39, 0.29) is 29.5 Å². The summed E-state index contributed by atoms with van der Waals surface area (Å²) in [4.78, 5) is 7.09. The number of halogens is 1. The molecule has 3 fully saturated rings. The van der Waals surface area contributed by atoms with Gasteiger partial charge in [0.15, 0.2) is 5.96 Å². The van der Waals surface area contributed by atoms with Gasteiger partial charge < -0.3 is 20.1 Å². The minimum absolute atomic E-state index is 0. The molecule has 2 saturated heterocycles. The minimum Gasteiger partial charge on any atom is -0.379 e. The normalized spacial score (nSPS) is 27.0. The van der Waals surface area contributed by atoms with Gasteiger partial charge in [-0.3, -0.25) is 9.89 Å². The van der Waals surface area contributed by atoms with Gasteiger partial charge in [-0.05, 0) is 32.1 Å². The quantitative estimate of drug-likeness (QED) is 0.348. The summed E-state index contributed by atoms with van der Waals surface area (Å²) in [7, 11) is 1.86. The molecule has 0 bridgehead atoms. The molecule has 1 saturated carbocycles. The summed E-state index contributed by atoms with van der Waals surface area (Å²) in [6.07, 6.45) is 10.5. The second-order valence-electron chi connectivity index (χ2n) is 7.66. The molecule has 1 unspecified atom stereocenters. The minimum atomic E-state index is 0. The first-order valence-electron chi connectivity index (χ1n) is 10.2. The number of hydrogen-bond donors (Lipinski definition) is 2. The lowest BCUT2D eigenvalue weighted by Gasteiger charge is -2.48. The second-order valence-corrected chi connectivity index (χ2v) is 7.66. The number of rotatable bonds is 6. The number of morpholine rings is 1. The fourth-order valence-corrected chi connectivity index (χ4v) is 4.54. The summed E-state index contributed by atoms with van der Waals surface area (Å²) in [5, 5.41) is 7.09. The van der Waals surface area contributed by atoms with Crippen LogP contribution < -0.4 is 10.6 Å². The molecule has 0 aromatic heterocycles. The smallest absolute Gasteiger partial charge is 0.191 e. The van der Waals surface area contributed by atoms with Crippen LogP contribution in [0.3, 0.4) is 0 Å². The number of nitrogens with one attached hydrogen (secondary N) is 2. The van der Waals surface area contributed by atoms with Crippen molar-refractivity contribution in [2.75, 3.05) is 53.0 Å². The Balaban J connectivity index is 0.00000243. The largest absolute Gasteiger partial charge is 0.379 e. The van der Waals surface area contributed by atoms with Crippen molar-refractivity contribution in [2.45, 2.75) is 63.0 Å². The summed E-state index contributed by atoms with van der Waals surface area (Å²) in [5.74, 6) is 0.927. The van der Waals surface area contributed by atoms with Gasteiger partial charge in [0.1, 0.15) is 0 Å². The zero-order valence-electron chi connectivity index (χ0n) is 16.3. The fourth-order valence-electron chi connectivity index (χ4n) is 4.54. The highest BCUT2D eigenvalue weighted by molar-refractivity contribution is 14.0. The first-order chi connectivity index (χ1) is 12.3. The molecule has 1 atom stereocenters. The fraction of sp³-hybridized carbons (Fsp3) is 0.947. The van der Waals surface area contributed by atoms with Gasteiger partial charge in [0.2, 0.25) is 0 Å². The molecule has 0 amide bonds. The van der Waals surface area contributed by atoms with Gasteiger partial charge in [0, 0.05) is 45.4 Å². The molecule has 152 valence electrons. The van der Waals surface area contributed by atoms with E-state index < -0.39 is 0 Å². The highest BCUT2D eigenvalue weighted by atomic mass is 127. The van der Waals surface area contributed by atoms with Crippen LogP contribution in [0.4, 0.5) is 0 Å². The lowest BCUT2D eigenvalue weighted by molar-refractivity contribution is -0.0352. The third-order valence-electron chi connectivity index (χ3n) is 6.06. The van der Waals surface area contributed by atoms with Crippen molar-refractivity contribution in [1.29, 1.82) is 0 Å². The van der Waals surface area contributed by atoms with Gasteiger partial charge >= 0.3 is 0 Å². The molecule has 7 heteroatoms. The monoisotopic (exact) mass is 480 g/mol. The average Bonchev–Trinajstić information content (AvgIpc) is 3.19. The van der Waals surface area contributed by atoms with Crippen molar-refractivity contribution in [3.05, 3.63) is 0 Å². The number of aliphatic imine (C=N–C) groups is 1. The van der Waals surface area contributed by atoms with Crippen molar-refractivity contribution < 1.29 is 9.47 Å². The van der Waals surface area contributed by atoms with Crippen LogP contribution in [0.2, 0.25) is 0 Å². The van der Waals surface area contributed by atoms with Gasteiger partial charge in [0.05, 0.1) is 19.3 Å². The molecular weight excluding hydrogens is 443 g/mol. The SMILES string of the molecule is CN=C(NCCC1CCCO1)NCC1(N2CCOCC2)CCCCC1.I. The molecule has 0 radical (unpaired) electrons. The van der Waals surface area contributed by atoms with Crippen LogP contribution in [-0.4, -0.2) is 75.5 Å². The van der Waals surface area contributed by atoms with E-state index in [1.807, 2.05) is 7.05 Å². The van der Waals surface area contributed by atoms with Gasteiger partial charge in [-0.1, -0.05) is 19.3 Å². The van der Waals surface area contributed by atoms with Crippen LogP contribution in [0.15, 0.2) is 4.99 Å². The molecule has 0 spiro atoms. The molecule has 0 aromatic carbocycles. The predicted octanol–water partition coefficient (Wildman–Crippen LogP) is 2.37. The molecule has 2 heterocycles. The number of hydrogen-bond acceptors (Lipinski definition) is 4. The Labute approximate surface area is 175 Å². The van der Waals surface area contributed by atoms with E-state index >= 15 is 0 Å². The topological polar surface area (TPSA) is 58.1 Å². The van der Waals surface area contributed by atoms with Crippen molar-refractivity contribution in [2.24, 2.45) is 4.99 Å². The van der Waals surface area contributed by atoms with E-state index in [2.05, 4.69) is 20.5 Å². The lowest BCUT2D eigenvalue weighted by Crippen LogP contribution is -2.60. The Bertz CT molecular complexity index is 418. The van der Waals surface area contributed by atoms with E-state index in [0.717, 1.165) is 58.4 Å². The van der Waals surface area contributed by atoms with Crippen LogP contribution in [0.25, 0.3) is 0 Å².